The zero-order valence-electron chi connectivity index (χ0n) is 19.3. The highest BCUT2D eigenvalue weighted by Crippen LogP contribution is 2.57. The van der Waals surface area contributed by atoms with Crippen molar-refractivity contribution in [2.75, 3.05) is 19.1 Å². The van der Waals surface area contributed by atoms with Crippen LogP contribution in [-0.2, 0) is 40.7 Å². The number of fused-ring (bicyclic) bond motifs is 2. The quantitative estimate of drug-likeness (QED) is 0.528. The van der Waals surface area contributed by atoms with Crippen molar-refractivity contribution in [3.8, 4) is 0 Å². The molecule has 0 unspecified atom stereocenters. The minimum absolute atomic E-state index is 0.0461. The van der Waals surface area contributed by atoms with Gasteiger partial charge in [0.1, 0.15) is 6.10 Å². The van der Waals surface area contributed by atoms with Gasteiger partial charge < -0.3 is 19.1 Å². The van der Waals surface area contributed by atoms with E-state index in [4.69, 9.17) is 14.2 Å². The van der Waals surface area contributed by atoms with Gasteiger partial charge in [0.05, 0.1) is 37.6 Å². The van der Waals surface area contributed by atoms with Gasteiger partial charge in [-0.3, -0.25) is 4.79 Å². The molecule has 0 aliphatic carbocycles. The molecular weight excluding hydrogens is 446 g/mol. The predicted molar refractivity (Wildman–Crippen MR) is 127 cm³/mol. The molecular formula is C28H23NO6. The Kier molecular flexibility index (Phi) is 5.70. The molecule has 7 heteroatoms. The molecule has 2 aliphatic rings. The van der Waals surface area contributed by atoms with Gasteiger partial charge in [0.2, 0.25) is 5.60 Å². The largest absolute Gasteiger partial charge is 0.466 e. The second kappa shape index (κ2) is 8.85. The molecule has 5 rings (SSSR count). The number of carbonyl (C=O) groups is 3. The molecule has 0 saturated carbocycles. The number of carbonyl (C=O) groups excluding carboxylic acids is 3. The molecule has 176 valence electrons. The summed E-state index contributed by atoms with van der Waals surface area (Å²) in [7, 11) is 2.43. The molecule has 1 spiro atoms. The summed E-state index contributed by atoms with van der Waals surface area (Å²) in [5.74, 6) is -2.06. The van der Waals surface area contributed by atoms with E-state index in [1.807, 2.05) is 42.5 Å². The molecule has 3 aromatic rings. The van der Waals surface area contributed by atoms with Crippen LogP contribution < -0.4 is 4.90 Å². The van der Waals surface area contributed by atoms with E-state index in [9.17, 15) is 14.4 Å². The zero-order chi connectivity index (χ0) is 24.6. The summed E-state index contributed by atoms with van der Waals surface area (Å²) in [5.41, 5.74) is 0.522. The summed E-state index contributed by atoms with van der Waals surface area (Å²) in [6.45, 7) is 0.264. The minimum atomic E-state index is -1.86. The van der Waals surface area contributed by atoms with Crippen LogP contribution in [0.4, 0.5) is 5.69 Å². The molecule has 0 saturated heterocycles. The number of nitrogens with zero attached hydrogens (tertiary/aromatic N) is 1. The smallest absolute Gasteiger partial charge is 0.338 e. The highest BCUT2D eigenvalue weighted by molar-refractivity contribution is 6.17. The second-order valence-electron chi connectivity index (χ2n) is 8.26. The molecule has 0 N–H and O–H groups in total. The third kappa shape index (κ3) is 3.43. The van der Waals surface area contributed by atoms with E-state index in [1.165, 1.54) is 14.2 Å². The fourth-order valence-corrected chi connectivity index (χ4v) is 4.85. The predicted octanol–water partition coefficient (Wildman–Crippen LogP) is 3.84. The van der Waals surface area contributed by atoms with E-state index in [-0.39, 0.29) is 17.7 Å². The molecule has 2 aliphatic heterocycles. The molecule has 0 bridgehead atoms. The maximum absolute atomic E-state index is 14.3. The van der Waals surface area contributed by atoms with Gasteiger partial charge in [-0.15, -0.1) is 0 Å². The standard InChI is InChI=1S/C28H23NO6/c1-33-25(30)22-23(26(31)34-2)28(35-24(22)19-13-7-4-8-14-19)20-15-9-10-16-21(20)29(27(28)32)17-18-11-5-3-6-12-18/h3-16,24H,17H2,1-2H3/t24-,28+/m0/s1. The molecule has 2 heterocycles. The summed E-state index contributed by atoms with van der Waals surface area (Å²) < 4.78 is 16.6. The summed E-state index contributed by atoms with van der Waals surface area (Å²) >= 11 is 0. The number of amides is 1. The summed E-state index contributed by atoms with van der Waals surface area (Å²) in [6.07, 6.45) is -1.01. The van der Waals surface area contributed by atoms with Crippen LogP contribution in [0.2, 0.25) is 0 Å². The number of ether oxygens (including phenoxy) is 3. The number of benzene rings is 3. The Morgan fingerprint density at radius 1 is 0.857 bits per heavy atom. The van der Waals surface area contributed by atoms with Crippen LogP contribution in [0.5, 0.6) is 0 Å². The van der Waals surface area contributed by atoms with E-state index in [1.54, 1.807) is 47.4 Å². The second-order valence-corrected chi connectivity index (χ2v) is 8.26. The lowest BCUT2D eigenvalue weighted by atomic mass is 9.85. The Bertz CT molecular complexity index is 1330. The average molecular weight is 469 g/mol. The first-order valence-corrected chi connectivity index (χ1v) is 11.1. The lowest BCUT2D eigenvalue weighted by Crippen LogP contribution is -2.43. The Balaban J connectivity index is 1.75. The third-order valence-corrected chi connectivity index (χ3v) is 6.38. The maximum Gasteiger partial charge on any atom is 0.338 e. The van der Waals surface area contributed by atoms with Crippen LogP contribution in [0.3, 0.4) is 0 Å². The topological polar surface area (TPSA) is 82.1 Å². The Hall–Kier alpha value is -4.23. The van der Waals surface area contributed by atoms with Crippen molar-refractivity contribution >= 4 is 23.5 Å². The number of hydrogen-bond donors (Lipinski definition) is 0. The van der Waals surface area contributed by atoms with E-state index < -0.39 is 29.6 Å². The summed E-state index contributed by atoms with van der Waals surface area (Å²) in [6, 6.07) is 25.6. The van der Waals surface area contributed by atoms with Crippen molar-refractivity contribution in [2.24, 2.45) is 0 Å². The minimum Gasteiger partial charge on any atom is -0.466 e. The molecule has 0 radical (unpaired) electrons. The van der Waals surface area contributed by atoms with Crippen molar-refractivity contribution in [2.45, 2.75) is 18.2 Å². The molecule has 7 nitrogen and oxygen atoms in total. The van der Waals surface area contributed by atoms with Crippen LogP contribution in [-0.4, -0.2) is 32.1 Å². The van der Waals surface area contributed by atoms with Gasteiger partial charge in [0, 0.05) is 5.56 Å². The molecule has 1 amide bonds. The molecule has 3 aromatic carbocycles. The Morgan fingerprint density at radius 3 is 2.11 bits per heavy atom. The van der Waals surface area contributed by atoms with Gasteiger partial charge in [-0.25, -0.2) is 9.59 Å². The van der Waals surface area contributed by atoms with Gasteiger partial charge in [0.15, 0.2) is 0 Å². The van der Waals surface area contributed by atoms with Gasteiger partial charge in [-0.1, -0.05) is 78.9 Å². The normalized spacial score (nSPS) is 20.8. The van der Waals surface area contributed by atoms with Gasteiger partial charge in [-0.05, 0) is 17.2 Å². The fourth-order valence-electron chi connectivity index (χ4n) is 4.85. The number of esters is 2. The van der Waals surface area contributed by atoms with Crippen LogP contribution in [0.1, 0.15) is 22.8 Å². The molecule has 0 aromatic heterocycles. The SMILES string of the molecule is COC(=O)C1=C(C(=O)OC)[C@@]2(O[C@H]1c1ccccc1)C(=O)N(Cc1ccccc1)c1ccccc12. The van der Waals surface area contributed by atoms with Crippen molar-refractivity contribution in [1.29, 1.82) is 0 Å². The van der Waals surface area contributed by atoms with Crippen molar-refractivity contribution < 1.29 is 28.6 Å². The summed E-state index contributed by atoms with van der Waals surface area (Å²) in [4.78, 5) is 42.2. The maximum atomic E-state index is 14.3. The van der Waals surface area contributed by atoms with Crippen molar-refractivity contribution in [3.63, 3.8) is 0 Å². The number of hydrogen-bond acceptors (Lipinski definition) is 6. The number of para-hydroxylation sites is 1. The fraction of sp³-hybridized carbons (Fsp3) is 0.179. The first kappa shape index (κ1) is 22.6. The number of methoxy groups -OCH3 is 2. The molecule has 35 heavy (non-hydrogen) atoms. The monoisotopic (exact) mass is 469 g/mol. The highest BCUT2D eigenvalue weighted by atomic mass is 16.6. The molecule has 0 fully saturated rings. The average Bonchev–Trinajstić information content (AvgIpc) is 3.39. The van der Waals surface area contributed by atoms with Gasteiger partial charge in [0.25, 0.3) is 5.91 Å². The Morgan fingerprint density at radius 2 is 1.46 bits per heavy atom. The van der Waals surface area contributed by atoms with E-state index in [0.717, 1.165) is 5.56 Å². The van der Waals surface area contributed by atoms with E-state index >= 15 is 0 Å². The first-order chi connectivity index (χ1) is 17.0. The van der Waals surface area contributed by atoms with E-state index in [0.29, 0.717) is 16.8 Å². The van der Waals surface area contributed by atoms with Crippen LogP contribution >= 0.6 is 0 Å². The lowest BCUT2D eigenvalue weighted by molar-refractivity contribution is -0.148. The van der Waals surface area contributed by atoms with Crippen LogP contribution in [0, 0.1) is 0 Å². The highest BCUT2D eigenvalue weighted by Gasteiger charge is 2.64. The molecule has 2 atom stereocenters. The Labute approximate surface area is 202 Å². The van der Waals surface area contributed by atoms with Crippen molar-refractivity contribution in [1.82, 2.24) is 0 Å². The van der Waals surface area contributed by atoms with E-state index in [2.05, 4.69) is 0 Å². The number of anilines is 1. The van der Waals surface area contributed by atoms with Crippen LogP contribution in [0.25, 0.3) is 0 Å². The third-order valence-electron chi connectivity index (χ3n) is 6.38. The lowest BCUT2D eigenvalue weighted by Gasteiger charge is -2.27. The van der Waals surface area contributed by atoms with Gasteiger partial charge >= 0.3 is 11.9 Å². The number of rotatable bonds is 5. The van der Waals surface area contributed by atoms with Gasteiger partial charge in [-0.2, -0.15) is 0 Å². The van der Waals surface area contributed by atoms with Crippen LogP contribution in [0.15, 0.2) is 96.1 Å². The summed E-state index contributed by atoms with van der Waals surface area (Å²) in [5, 5.41) is 0. The van der Waals surface area contributed by atoms with Crippen molar-refractivity contribution in [3.05, 3.63) is 113 Å². The zero-order valence-corrected chi connectivity index (χ0v) is 19.3. The first-order valence-electron chi connectivity index (χ1n) is 11.1.